The SMILES string of the molecule is Cc1ncsc1CCOCC(O)CNOC(C)(C)C. The van der Waals surface area contributed by atoms with Gasteiger partial charge in [-0.25, -0.2) is 4.98 Å². The fourth-order valence-corrected chi connectivity index (χ4v) is 2.13. The second kappa shape index (κ2) is 7.91. The smallest absolute Gasteiger partial charge is 0.0920 e. The van der Waals surface area contributed by atoms with Gasteiger partial charge in [-0.05, 0) is 27.7 Å². The van der Waals surface area contributed by atoms with Crippen molar-refractivity contribution in [2.45, 2.75) is 45.8 Å². The summed E-state index contributed by atoms with van der Waals surface area (Å²) in [5.41, 5.74) is 5.40. The molecule has 19 heavy (non-hydrogen) atoms. The van der Waals surface area contributed by atoms with Crippen LogP contribution in [0.5, 0.6) is 0 Å². The first-order valence-electron chi connectivity index (χ1n) is 6.44. The summed E-state index contributed by atoms with van der Waals surface area (Å²) in [6.45, 7) is 9.09. The lowest BCUT2D eigenvalue weighted by atomic mass is 10.2. The number of hydrogen-bond donors (Lipinski definition) is 2. The minimum absolute atomic E-state index is 0.260. The number of aliphatic hydroxyl groups excluding tert-OH is 1. The van der Waals surface area contributed by atoms with Crippen LogP contribution in [0.4, 0.5) is 0 Å². The largest absolute Gasteiger partial charge is 0.389 e. The van der Waals surface area contributed by atoms with Crippen LogP contribution in [0.1, 0.15) is 31.3 Å². The lowest BCUT2D eigenvalue weighted by Gasteiger charge is -2.20. The van der Waals surface area contributed by atoms with Crippen LogP contribution in [0.3, 0.4) is 0 Å². The zero-order chi connectivity index (χ0) is 14.3. The van der Waals surface area contributed by atoms with Gasteiger partial charge in [0.05, 0.1) is 36.1 Å². The monoisotopic (exact) mass is 288 g/mol. The van der Waals surface area contributed by atoms with E-state index in [0.29, 0.717) is 19.8 Å². The van der Waals surface area contributed by atoms with Crippen molar-refractivity contribution in [3.05, 3.63) is 16.1 Å². The Balaban J connectivity index is 2.04. The summed E-state index contributed by atoms with van der Waals surface area (Å²) in [7, 11) is 0. The summed E-state index contributed by atoms with van der Waals surface area (Å²) < 4.78 is 5.44. The van der Waals surface area contributed by atoms with Gasteiger partial charge < -0.3 is 9.84 Å². The zero-order valence-corrected chi connectivity index (χ0v) is 12.9. The lowest BCUT2D eigenvalue weighted by molar-refractivity contribution is -0.0892. The number of ether oxygens (including phenoxy) is 1. The fourth-order valence-electron chi connectivity index (χ4n) is 1.36. The molecular formula is C13H24N2O3S. The van der Waals surface area contributed by atoms with Crippen molar-refractivity contribution in [3.8, 4) is 0 Å². The van der Waals surface area contributed by atoms with Crippen molar-refractivity contribution in [2.24, 2.45) is 0 Å². The summed E-state index contributed by atoms with van der Waals surface area (Å²) in [6.07, 6.45) is 0.278. The molecule has 1 unspecified atom stereocenters. The third kappa shape index (κ3) is 7.59. The number of aryl methyl sites for hydroxylation is 1. The number of nitrogens with zero attached hydrogens (tertiary/aromatic N) is 1. The Labute approximate surface area is 118 Å². The molecule has 1 atom stereocenters. The molecule has 1 rings (SSSR count). The van der Waals surface area contributed by atoms with E-state index in [0.717, 1.165) is 12.1 Å². The maximum atomic E-state index is 9.68. The van der Waals surface area contributed by atoms with Crippen LogP contribution >= 0.6 is 11.3 Å². The molecule has 1 aromatic heterocycles. The zero-order valence-electron chi connectivity index (χ0n) is 12.1. The van der Waals surface area contributed by atoms with Gasteiger partial charge in [0, 0.05) is 17.8 Å². The first-order chi connectivity index (χ1) is 8.88. The molecule has 0 radical (unpaired) electrons. The van der Waals surface area contributed by atoms with Crippen LogP contribution in [0.15, 0.2) is 5.51 Å². The first kappa shape index (κ1) is 16.5. The van der Waals surface area contributed by atoms with Crippen LogP contribution < -0.4 is 5.48 Å². The highest BCUT2D eigenvalue weighted by Crippen LogP contribution is 2.12. The van der Waals surface area contributed by atoms with E-state index < -0.39 is 6.10 Å². The van der Waals surface area contributed by atoms with Crippen molar-refractivity contribution >= 4 is 11.3 Å². The standard InChI is InChI=1S/C13H24N2O3S/c1-10-12(19-9-14-10)5-6-17-8-11(16)7-15-18-13(2,3)4/h9,11,15-16H,5-8H2,1-4H3. The number of aromatic nitrogens is 1. The van der Waals surface area contributed by atoms with Crippen LogP contribution in [0, 0.1) is 6.92 Å². The maximum absolute atomic E-state index is 9.68. The van der Waals surface area contributed by atoms with Crippen molar-refractivity contribution in [3.63, 3.8) is 0 Å². The third-order valence-electron chi connectivity index (χ3n) is 2.33. The predicted molar refractivity (Wildman–Crippen MR) is 76.2 cm³/mol. The van der Waals surface area contributed by atoms with Gasteiger partial charge in [-0.15, -0.1) is 11.3 Å². The van der Waals surface area contributed by atoms with E-state index in [1.807, 2.05) is 33.2 Å². The minimum Gasteiger partial charge on any atom is -0.389 e. The molecule has 0 aliphatic rings. The Kier molecular flexibility index (Phi) is 6.88. The van der Waals surface area contributed by atoms with E-state index in [1.165, 1.54) is 4.88 Å². The van der Waals surface area contributed by atoms with Crippen LogP contribution in [0.2, 0.25) is 0 Å². The van der Waals surface area contributed by atoms with Gasteiger partial charge in [0.2, 0.25) is 0 Å². The normalized spacial score (nSPS) is 13.7. The molecule has 1 aromatic rings. The van der Waals surface area contributed by atoms with E-state index in [1.54, 1.807) is 11.3 Å². The Bertz CT molecular complexity index is 363. The Morgan fingerprint density at radius 1 is 1.47 bits per heavy atom. The van der Waals surface area contributed by atoms with E-state index >= 15 is 0 Å². The van der Waals surface area contributed by atoms with E-state index in [-0.39, 0.29) is 5.60 Å². The van der Waals surface area contributed by atoms with E-state index in [4.69, 9.17) is 9.57 Å². The second-order valence-corrected chi connectivity index (χ2v) is 6.34. The highest BCUT2D eigenvalue weighted by atomic mass is 32.1. The van der Waals surface area contributed by atoms with Crippen LogP contribution in [-0.2, 0) is 16.0 Å². The first-order valence-corrected chi connectivity index (χ1v) is 7.32. The molecule has 0 fully saturated rings. The van der Waals surface area contributed by atoms with Gasteiger partial charge >= 0.3 is 0 Å². The Morgan fingerprint density at radius 3 is 2.79 bits per heavy atom. The van der Waals surface area contributed by atoms with Gasteiger partial charge in [-0.2, -0.15) is 5.48 Å². The maximum Gasteiger partial charge on any atom is 0.0920 e. The molecule has 0 aromatic carbocycles. The second-order valence-electron chi connectivity index (χ2n) is 5.40. The number of rotatable bonds is 8. The highest BCUT2D eigenvalue weighted by molar-refractivity contribution is 7.09. The summed E-state index contributed by atoms with van der Waals surface area (Å²) >= 11 is 1.64. The molecule has 1 heterocycles. The molecule has 0 saturated carbocycles. The van der Waals surface area contributed by atoms with Gasteiger partial charge in [-0.1, -0.05) is 0 Å². The molecule has 0 spiro atoms. The number of aliphatic hydroxyl groups is 1. The molecule has 110 valence electrons. The minimum atomic E-state index is -0.565. The molecule has 2 N–H and O–H groups in total. The average Bonchev–Trinajstić information content (AvgIpc) is 2.69. The summed E-state index contributed by atoms with van der Waals surface area (Å²) in [5.74, 6) is 0. The Morgan fingerprint density at radius 2 is 2.21 bits per heavy atom. The van der Waals surface area contributed by atoms with E-state index in [2.05, 4.69) is 10.5 Å². The number of thiazole rings is 1. The highest BCUT2D eigenvalue weighted by Gasteiger charge is 2.11. The molecule has 5 nitrogen and oxygen atoms in total. The van der Waals surface area contributed by atoms with Crippen molar-refractivity contribution < 1.29 is 14.7 Å². The molecule has 0 aliphatic carbocycles. The average molecular weight is 288 g/mol. The van der Waals surface area contributed by atoms with Gasteiger partial charge in [-0.3, -0.25) is 4.84 Å². The molecule has 0 saturated heterocycles. The molecule has 0 amide bonds. The number of hydroxylamine groups is 1. The van der Waals surface area contributed by atoms with Gasteiger partial charge in [0.25, 0.3) is 0 Å². The summed E-state index contributed by atoms with van der Waals surface area (Å²) in [6, 6.07) is 0. The van der Waals surface area contributed by atoms with Gasteiger partial charge in [0.15, 0.2) is 0 Å². The summed E-state index contributed by atoms with van der Waals surface area (Å²) in [5, 5.41) is 9.68. The van der Waals surface area contributed by atoms with Crippen molar-refractivity contribution in [1.29, 1.82) is 0 Å². The Hall–Kier alpha value is -0.530. The molecular weight excluding hydrogens is 264 g/mol. The quantitative estimate of drug-likeness (QED) is 0.563. The number of hydrogen-bond acceptors (Lipinski definition) is 6. The van der Waals surface area contributed by atoms with Crippen molar-refractivity contribution in [2.75, 3.05) is 19.8 Å². The fraction of sp³-hybridized carbons (Fsp3) is 0.769. The van der Waals surface area contributed by atoms with Crippen LogP contribution in [-0.4, -0.2) is 41.6 Å². The third-order valence-corrected chi connectivity index (χ3v) is 3.32. The summed E-state index contributed by atoms with van der Waals surface area (Å²) in [4.78, 5) is 10.7. The molecule has 6 heteroatoms. The predicted octanol–water partition coefficient (Wildman–Crippen LogP) is 1.69. The lowest BCUT2D eigenvalue weighted by Crippen LogP contribution is -2.36. The van der Waals surface area contributed by atoms with Crippen molar-refractivity contribution in [1.82, 2.24) is 10.5 Å². The number of nitrogens with one attached hydrogen (secondary N) is 1. The molecule has 0 aliphatic heterocycles. The van der Waals surface area contributed by atoms with E-state index in [9.17, 15) is 5.11 Å². The van der Waals surface area contributed by atoms with Crippen LogP contribution in [0.25, 0.3) is 0 Å². The molecule has 0 bridgehead atoms. The topological polar surface area (TPSA) is 63.6 Å². The van der Waals surface area contributed by atoms with Gasteiger partial charge in [0.1, 0.15) is 0 Å².